The summed E-state index contributed by atoms with van der Waals surface area (Å²) >= 11 is 1.80. The van der Waals surface area contributed by atoms with Crippen LogP contribution in [0.4, 0.5) is 11.4 Å². The fourth-order valence-corrected chi connectivity index (χ4v) is 3.39. The summed E-state index contributed by atoms with van der Waals surface area (Å²) in [6.45, 7) is 2.69. The summed E-state index contributed by atoms with van der Waals surface area (Å²) in [5, 5.41) is 9.08. The van der Waals surface area contributed by atoms with Crippen LogP contribution >= 0.6 is 11.8 Å². The molecule has 0 aliphatic carbocycles. The summed E-state index contributed by atoms with van der Waals surface area (Å²) in [7, 11) is 0. The molecule has 1 heterocycles. The largest absolute Gasteiger partial charge is 0.338 e. The summed E-state index contributed by atoms with van der Waals surface area (Å²) in [5.74, 6) is 0.00390. The third-order valence-corrected chi connectivity index (χ3v) is 4.34. The third-order valence-electron chi connectivity index (χ3n) is 3.21. The van der Waals surface area contributed by atoms with Crippen molar-refractivity contribution in [3.8, 4) is 6.07 Å². The highest BCUT2D eigenvalue weighted by Crippen LogP contribution is 2.47. The number of hydrogen-bond donors (Lipinski definition) is 0. The second-order valence-electron chi connectivity index (χ2n) is 4.68. The molecule has 0 unspecified atom stereocenters. The fourth-order valence-electron chi connectivity index (χ4n) is 2.29. The van der Waals surface area contributed by atoms with Crippen LogP contribution in [-0.4, -0.2) is 6.54 Å². The Morgan fingerprint density at radius 1 is 1.05 bits per heavy atom. The van der Waals surface area contributed by atoms with Gasteiger partial charge in [0.15, 0.2) is 0 Å². The molecule has 1 aliphatic heterocycles. The predicted octanol–water partition coefficient (Wildman–Crippen LogP) is 4.45. The number of nitriles is 1. The van der Waals surface area contributed by atoms with Gasteiger partial charge in [-0.15, -0.1) is 0 Å². The van der Waals surface area contributed by atoms with Gasteiger partial charge in [-0.1, -0.05) is 36.0 Å². The smallest absolute Gasteiger partial charge is 0.0671 e. The molecule has 0 radical (unpaired) electrons. The first-order valence-electron chi connectivity index (χ1n) is 6.32. The third kappa shape index (κ3) is 2.20. The van der Waals surface area contributed by atoms with Gasteiger partial charge in [-0.2, -0.15) is 5.26 Å². The number of anilines is 2. The summed E-state index contributed by atoms with van der Waals surface area (Å²) in [6, 6.07) is 19.1. The van der Waals surface area contributed by atoms with E-state index in [0.717, 1.165) is 6.54 Å². The number of para-hydroxylation sites is 2. The van der Waals surface area contributed by atoms with Crippen LogP contribution < -0.4 is 4.90 Å². The molecule has 2 aromatic rings. The number of benzene rings is 2. The summed E-state index contributed by atoms with van der Waals surface area (Å²) in [6.07, 6.45) is 0. The van der Waals surface area contributed by atoms with E-state index in [4.69, 9.17) is 5.26 Å². The van der Waals surface area contributed by atoms with E-state index in [2.05, 4.69) is 59.5 Å². The average molecular weight is 266 g/mol. The molecule has 0 N–H and O–H groups in total. The van der Waals surface area contributed by atoms with Gasteiger partial charge >= 0.3 is 0 Å². The van der Waals surface area contributed by atoms with Crippen molar-refractivity contribution in [2.45, 2.75) is 16.7 Å². The molecule has 3 rings (SSSR count). The van der Waals surface area contributed by atoms with E-state index < -0.39 is 0 Å². The maximum absolute atomic E-state index is 9.08. The van der Waals surface area contributed by atoms with Crippen LogP contribution in [0.1, 0.15) is 6.92 Å². The lowest BCUT2D eigenvalue weighted by Gasteiger charge is -2.33. The zero-order valence-corrected chi connectivity index (χ0v) is 11.5. The highest BCUT2D eigenvalue weighted by atomic mass is 32.2. The maximum Gasteiger partial charge on any atom is 0.0671 e. The van der Waals surface area contributed by atoms with Gasteiger partial charge in [0.25, 0.3) is 0 Å². The van der Waals surface area contributed by atoms with Gasteiger partial charge in [0.1, 0.15) is 0 Å². The van der Waals surface area contributed by atoms with Crippen molar-refractivity contribution in [1.29, 1.82) is 5.26 Å². The minimum Gasteiger partial charge on any atom is -0.338 e. The molecule has 2 aromatic carbocycles. The Morgan fingerprint density at radius 3 is 2.11 bits per heavy atom. The first kappa shape index (κ1) is 12.1. The van der Waals surface area contributed by atoms with Crippen molar-refractivity contribution in [3.05, 3.63) is 48.5 Å². The molecule has 2 nitrogen and oxygen atoms in total. The fraction of sp³-hybridized carbons (Fsp3) is 0.188. The van der Waals surface area contributed by atoms with Crippen LogP contribution in [0, 0.1) is 17.2 Å². The lowest BCUT2D eigenvalue weighted by atomic mass is 10.1. The molecule has 0 amide bonds. The van der Waals surface area contributed by atoms with Crippen molar-refractivity contribution in [3.63, 3.8) is 0 Å². The molecule has 0 fully saturated rings. The second kappa shape index (κ2) is 4.99. The van der Waals surface area contributed by atoms with E-state index in [1.54, 1.807) is 11.8 Å². The molecule has 1 atom stereocenters. The lowest BCUT2D eigenvalue weighted by molar-refractivity contribution is 0.727. The van der Waals surface area contributed by atoms with Crippen molar-refractivity contribution < 1.29 is 0 Å². The van der Waals surface area contributed by atoms with Crippen molar-refractivity contribution in [2.75, 3.05) is 11.4 Å². The first-order chi connectivity index (χ1) is 9.29. The standard InChI is InChI=1S/C16H14N2S/c1-12(10-17)11-18-13-6-2-4-8-15(13)19-16-9-5-3-7-14(16)18/h2-9,12H,11H2,1H3/t12-/m0/s1. The Hall–Kier alpha value is -1.92. The van der Waals surface area contributed by atoms with E-state index in [1.807, 2.05) is 6.92 Å². The summed E-state index contributed by atoms with van der Waals surface area (Å²) in [4.78, 5) is 4.77. The molecule has 1 aliphatic rings. The van der Waals surface area contributed by atoms with Crippen LogP contribution in [0.3, 0.4) is 0 Å². The number of hydrogen-bond acceptors (Lipinski definition) is 3. The van der Waals surface area contributed by atoms with E-state index in [0.29, 0.717) is 0 Å². The molecule has 19 heavy (non-hydrogen) atoms. The topological polar surface area (TPSA) is 27.0 Å². The van der Waals surface area contributed by atoms with Crippen molar-refractivity contribution >= 4 is 23.1 Å². The predicted molar refractivity (Wildman–Crippen MR) is 78.8 cm³/mol. The molecule has 0 bridgehead atoms. The van der Waals surface area contributed by atoms with E-state index in [1.165, 1.54) is 21.2 Å². The zero-order valence-electron chi connectivity index (χ0n) is 10.7. The Morgan fingerprint density at radius 2 is 1.58 bits per heavy atom. The molecular formula is C16H14N2S. The van der Waals surface area contributed by atoms with Crippen LogP contribution in [-0.2, 0) is 0 Å². The lowest BCUT2D eigenvalue weighted by Crippen LogP contribution is -2.25. The maximum atomic E-state index is 9.08. The average Bonchev–Trinajstić information content (AvgIpc) is 2.46. The SMILES string of the molecule is C[C@@H](C#N)CN1c2ccccc2Sc2ccccc21. The molecule has 3 heteroatoms. The molecule has 0 saturated heterocycles. The van der Waals surface area contributed by atoms with Gasteiger partial charge in [0.05, 0.1) is 23.4 Å². The molecule has 94 valence electrons. The Balaban J connectivity index is 2.09. The molecule has 0 saturated carbocycles. The van der Waals surface area contributed by atoms with Crippen LogP contribution in [0.5, 0.6) is 0 Å². The summed E-state index contributed by atoms with van der Waals surface area (Å²) in [5.41, 5.74) is 2.40. The van der Waals surface area contributed by atoms with Gasteiger partial charge < -0.3 is 4.90 Å². The first-order valence-corrected chi connectivity index (χ1v) is 7.14. The molecule has 0 aromatic heterocycles. The quantitative estimate of drug-likeness (QED) is 0.803. The van der Waals surface area contributed by atoms with Crippen LogP contribution in [0.2, 0.25) is 0 Å². The zero-order chi connectivity index (χ0) is 13.2. The van der Waals surface area contributed by atoms with Gasteiger partial charge in [-0.3, -0.25) is 0 Å². The summed E-state index contributed by atoms with van der Waals surface area (Å²) < 4.78 is 0. The second-order valence-corrected chi connectivity index (χ2v) is 5.76. The van der Waals surface area contributed by atoms with E-state index >= 15 is 0 Å². The highest BCUT2D eigenvalue weighted by Gasteiger charge is 2.23. The van der Waals surface area contributed by atoms with Gasteiger partial charge in [0.2, 0.25) is 0 Å². The van der Waals surface area contributed by atoms with Crippen molar-refractivity contribution in [2.24, 2.45) is 5.92 Å². The monoisotopic (exact) mass is 266 g/mol. The van der Waals surface area contributed by atoms with E-state index in [-0.39, 0.29) is 5.92 Å². The van der Waals surface area contributed by atoms with Gasteiger partial charge in [-0.05, 0) is 31.2 Å². The molecular weight excluding hydrogens is 252 g/mol. The van der Waals surface area contributed by atoms with Crippen molar-refractivity contribution in [1.82, 2.24) is 0 Å². The minimum absolute atomic E-state index is 0.00390. The van der Waals surface area contributed by atoms with E-state index in [9.17, 15) is 0 Å². The Bertz CT molecular complexity index is 600. The number of fused-ring (bicyclic) bond motifs is 2. The Kier molecular flexibility index (Phi) is 3.18. The van der Waals surface area contributed by atoms with Crippen LogP contribution in [0.15, 0.2) is 58.3 Å². The van der Waals surface area contributed by atoms with Gasteiger partial charge in [-0.25, -0.2) is 0 Å². The molecule has 0 spiro atoms. The van der Waals surface area contributed by atoms with Gasteiger partial charge in [0, 0.05) is 16.3 Å². The Labute approximate surface area is 117 Å². The number of rotatable bonds is 2. The highest BCUT2D eigenvalue weighted by molar-refractivity contribution is 7.99. The minimum atomic E-state index is 0.00390. The van der Waals surface area contributed by atoms with Crippen LogP contribution in [0.25, 0.3) is 0 Å². The normalized spacial score (nSPS) is 14.2. The number of nitrogens with zero attached hydrogens (tertiary/aromatic N) is 2.